The van der Waals surface area contributed by atoms with Crippen molar-refractivity contribution in [1.82, 2.24) is 14.9 Å². The van der Waals surface area contributed by atoms with Crippen molar-refractivity contribution in [3.05, 3.63) is 50.6 Å². The van der Waals surface area contributed by atoms with Gasteiger partial charge in [0, 0.05) is 34.9 Å². The number of nitrogens with one attached hydrogen (secondary N) is 1. The lowest BCUT2D eigenvalue weighted by atomic mass is 10.0. The van der Waals surface area contributed by atoms with Crippen LogP contribution in [0.5, 0.6) is 0 Å². The Kier molecular flexibility index (Phi) is 5.19. The molecule has 0 bridgehead atoms. The third-order valence-corrected chi connectivity index (χ3v) is 5.98. The zero-order valence-electron chi connectivity index (χ0n) is 16.4. The number of aromatic nitrogens is 2. The quantitative estimate of drug-likeness (QED) is 0.697. The highest BCUT2D eigenvalue weighted by atomic mass is 32.1. The van der Waals surface area contributed by atoms with Gasteiger partial charge in [-0.25, -0.2) is 4.98 Å². The van der Waals surface area contributed by atoms with Crippen LogP contribution in [0.25, 0.3) is 10.9 Å². The summed E-state index contributed by atoms with van der Waals surface area (Å²) in [6.45, 7) is 11.1. The van der Waals surface area contributed by atoms with Crippen LogP contribution >= 0.6 is 11.3 Å². The van der Waals surface area contributed by atoms with Crippen LogP contribution in [0.15, 0.2) is 17.5 Å². The summed E-state index contributed by atoms with van der Waals surface area (Å²) in [5, 5.41) is 4.35. The zero-order chi connectivity index (χ0) is 19.0. The third-order valence-electron chi connectivity index (χ3n) is 4.79. The maximum absolute atomic E-state index is 12.8. The van der Waals surface area contributed by atoms with Gasteiger partial charge in [-0.3, -0.25) is 4.79 Å². The lowest BCUT2D eigenvalue weighted by Gasteiger charge is -2.16. The van der Waals surface area contributed by atoms with Crippen LogP contribution < -0.4 is 0 Å². The van der Waals surface area contributed by atoms with Crippen LogP contribution in [0, 0.1) is 20.8 Å². The van der Waals surface area contributed by atoms with Gasteiger partial charge in [-0.05, 0) is 38.0 Å². The van der Waals surface area contributed by atoms with E-state index in [1.54, 1.807) is 16.2 Å². The summed E-state index contributed by atoms with van der Waals surface area (Å²) in [5.41, 5.74) is 6.73. The molecule has 4 nitrogen and oxygen atoms in total. The Bertz CT molecular complexity index is 952. The summed E-state index contributed by atoms with van der Waals surface area (Å²) in [6.07, 6.45) is 0.409. The molecular weight excluding hydrogens is 342 g/mol. The fourth-order valence-corrected chi connectivity index (χ4v) is 4.17. The number of carbonyl (C=O) groups is 1. The number of rotatable bonds is 5. The lowest BCUT2D eigenvalue weighted by Crippen LogP contribution is -2.28. The molecule has 3 aromatic rings. The first kappa shape index (κ1) is 18.6. The normalized spacial score (nSPS) is 11.5. The molecular formula is C21H27N3OS. The van der Waals surface area contributed by atoms with E-state index in [0.717, 1.165) is 32.9 Å². The average Bonchev–Trinajstić information content (AvgIpc) is 3.14. The van der Waals surface area contributed by atoms with Crippen LogP contribution in [-0.2, 0) is 17.8 Å². The maximum atomic E-state index is 12.8. The van der Waals surface area contributed by atoms with Gasteiger partial charge in [-0.15, -0.1) is 11.3 Å². The molecule has 138 valence electrons. The van der Waals surface area contributed by atoms with Crippen LogP contribution in [0.4, 0.5) is 0 Å². The molecule has 5 heteroatoms. The van der Waals surface area contributed by atoms with Crippen molar-refractivity contribution in [2.24, 2.45) is 0 Å². The number of amides is 1. The Labute approximate surface area is 159 Å². The van der Waals surface area contributed by atoms with E-state index in [1.807, 2.05) is 14.0 Å². The minimum Gasteiger partial charge on any atom is -0.358 e. The smallest absolute Gasteiger partial charge is 0.227 e. The van der Waals surface area contributed by atoms with Crippen molar-refractivity contribution < 1.29 is 4.79 Å². The number of hydrogen-bond donors (Lipinski definition) is 1. The van der Waals surface area contributed by atoms with Crippen molar-refractivity contribution in [3.63, 3.8) is 0 Å². The monoisotopic (exact) mass is 369 g/mol. The first-order chi connectivity index (χ1) is 12.3. The van der Waals surface area contributed by atoms with Crippen molar-refractivity contribution >= 4 is 28.1 Å². The first-order valence-corrected chi connectivity index (χ1v) is 9.91. The van der Waals surface area contributed by atoms with Gasteiger partial charge >= 0.3 is 0 Å². The third kappa shape index (κ3) is 3.68. The molecule has 1 N–H and O–H groups in total. The Morgan fingerprint density at radius 2 is 2.00 bits per heavy atom. The second kappa shape index (κ2) is 7.23. The topological polar surface area (TPSA) is 49.0 Å². The summed E-state index contributed by atoms with van der Waals surface area (Å²) < 4.78 is 0. The Morgan fingerprint density at radius 1 is 1.27 bits per heavy atom. The highest BCUT2D eigenvalue weighted by molar-refractivity contribution is 7.09. The number of aromatic amines is 1. The molecule has 3 rings (SSSR count). The highest BCUT2D eigenvalue weighted by Gasteiger charge is 2.18. The van der Waals surface area contributed by atoms with E-state index in [0.29, 0.717) is 18.9 Å². The van der Waals surface area contributed by atoms with Crippen molar-refractivity contribution in [1.29, 1.82) is 0 Å². The minimum absolute atomic E-state index is 0.118. The second-order valence-corrected chi connectivity index (χ2v) is 8.38. The molecule has 0 saturated carbocycles. The molecule has 0 saturated heterocycles. The lowest BCUT2D eigenvalue weighted by molar-refractivity contribution is -0.129. The number of fused-ring (bicyclic) bond motifs is 1. The average molecular weight is 370 g/mol. The first-order valence-electron chi connectivity index (χ1n) is 9.03. The SMILES string of the molecule is Cc1cc(C)c2[nH]c(C)c(CC(=O)N(C)Cc3csc(C(C)C)n3)c2c1. The van der Waals surface area contributed by atoms with Crippen LogP contribution in [0.2, 0.25) is 0 Å². The number of thiazole rings is 1. The predicted molar refractivity (Wildman–Crippen MR) is 109 cm³/mol. The fourth-order valence-electron chi connectivity index (χ4n) is 3.34. The fraction of sp³-hybridized carbons (Fsp3) is 0.429. The minimum atomic E-state index is 0.118. The number of likely N-dealkylation sites (N-methyl/N-ethyl adjacent to an activating group) is 1. The van der Waals surface area contributed by atoms with Crippen LogP contribution in [0.1, 0.15) is 52.9 Å². The molecule has 0 spiro atoms. The van der Waals surface area contributed by atoms with Crippen LogP contribution in [-0.4, -0.2) is 27.8 Å². The van der Waals surface area contributed by atoms with E-state index in [9.17, 15) is 4.79 Å². The molecule has 0 aliphatic carbocycles. The predicted octanol–water partition coefficient (Wildman–Crippen LogP) is 4.87. The van der Waals surface area contributed by atoms with Gasteiger partial charge in [0.1, 0.15) is 0 Å². The summed E-state index contributed by atoms with van der Waals surface area (Å²) in [7, 11) is 1.86. The van der Waals surface area contributed by atoms with Gasteiger partial charge in [-0.1, -0.05) is 25.5 Å². The Balaban J connectivity index is 1.78. The molecule has 0 aliphatic heterocycles. The molecule has 0 radical (unpaired) electrons. The summed E-state index contributed by atoms with van der Waals surface area (Å²) in [5.74, 6) is 0.544. The molecule has 0 aliphatic rings. The van der Waals surface area contributed by atoms with E-state index < -0.39 is 0 Å². The Hall–Kier alpha value is -2.14. The van der Waals surface area contributed by atoms with Gasteiger partial charge in [0.05, 0.1) is 23.7 Å². The Morgan fingerprint density at radius 3 is 2.65 bits per heavy atom. The van der Waals surface area contributed by atoms with E-state index in [4.69, 9.17) is 0 Å². The standard InChI is InChI=1S/C21H27N3OS/c1-12(2)21-23-16(11-26-21)10-24(6)19(25)9-17-15(5)22-20-14(4)7-13(3)8-18(17)20/h7-8,11-12,22H,9-10H2,1-6H3. The van der Waals surface area contributed by atoms with E-state index in [1.165, 1.54) is 11.1 Å². The molecule has 2 heterocycles. The number of nitrogens with zero attached hydrogens (tertiary/aromatic N) is 2. The molecule has 0 fully saturated rings. The van der Waals surface area contributed by atoms with Gasteiger partial charge in [-0.2, -0.15) is 0 Å². The summed E-state index contributed by atoms with van der Waals surface area (Å²) in [6, 6.07) is 4.34. The summed E-state index contributed by atoms with van der Waals surface area (Å²) >= 11 is 1.67. The molecule has 1 aromatic carbocycles. The van der Waals surface area contributed by atoms with E-state index >= 15 is 0 Å². The largest absolute Gasteiger partial charge is 0.358 e. The number of carbonyl (C=O) groups excluding carboxylic acids is 1. The number of aryl methyl sites for hydroxylation is 3. The molecule has 1 amide bonds. The number of benzene rings is 1. The highest BCUT2D eigenvalue weighted by Crippen LogP contribution is 2.27. The van der Waals surface area contributed by atoms with E-state index in [-0.39, 0.29) is 5.91 Å². The van der Waals surface area contributed by atoms with Gasteiger partial charge in [0.25, 0.3) is 0 Å². The van der Waals surface area contributed by atoms with Gasteiger partial charge < -0.3 is 9.88 Å². The molecule has 0 unspecified atom stereocenters. The molecule has 2 aromatic heterocycles. The molecule has 26 heavy (non-hydrogen) atoms. The van der Waals surface area contributed by atoms with Crippen molar-refractivity contribution in [2.75, 3.05) is 7.05 Å². The van der Waals surface area contributed by atoms with Crippen molar-refractivity contribution in [3.8, 4) is 0 Å². The van der Waals surface area contributed by atoms with Gasteiger partial charge in [0.15, 0.2) is 0 Å². The molecule has 0 atom stereocenters. The van der Waals surface area contributed by atoms with Crippen LogP contribution in [0.3, 0.4) is 0 Å². The van der Waals surface area contributed by atoms with Crippen molar-refractivity contribution in [2.45, 2.75) is 53.5 Å². The number of H-pyrrole nitrogens is 1. The summed E-state index contributed by atoms with van der Waals surface area (Å²) in [4.78, 5) is 22.7. The van der Waals surface area contributed by atoms with E-state index in [2.05, 4.69) is 55.2 Å². The number of hydrogen-bond acceptors (Lipinski definition) is 3. The second-order valence-electron chi connectivity index (χ2n) is 7.49. The maximum Gasteiger partial charge on any atom is 0.227 e. The zero-order valence-corrected chi connectivity index (χ0v) is 17.3. The van der Waals surface area contributed by atoms with Gasteiger partial charge in [0.2, 0.25) is 5.91 Å².